The van der Waals surface area contributed by atoms with Crippen LogP contribution < -0.4 is 25.6 Å². The van der Waals surface area contributed by atoms with Gasteiger partial charge in [0.05, 0.1) is 43.7 Å². The predicted molar refractivity (Wildman–Crippen MR) is 187 cm³/mol. The van der Waals surface area contributed by atoms with E-state index >= 15 is 0 Å². The Balaban J connectivity index is 1.62. The number of pyridine rings is 1. The Morgan fingerprint density at radius 3 is 2.42 bits per heavy atom. The number of nitrogens with one attached hydrogen (secondary N) is 1. The summed E-state index contributed by atoms with van der Waals surface area (Å²) in [5.41, 5.74) is 6.58. The molecule has 0 spiro atoms. The van der Waals surface area contributed by atoms with E-state index in [1.165, 1.54) is 26.0 Å². The second-order valence-electron chi connectivity index (χ2n) is 11.8. The van der Waals surface area contributed by atoms with Gasteiger partial charge in [0.1, 0.15) is 11.9 Å². The number of nitrogen functional groups attached to an aromatic ring is 1. The van der Waals surface area contributed by atoms with Crippen LogP contribution in [-0.4, -0.2) is 76.1 Å². The van der Waals surface area contributed by atoms with Crippen molar-refractivity contribution in [1.29, 1.82) is 0 Å². The molecule has 53 heavy (non-hydrogen) atoms. The van der Waals surface area contributed by atoms with Crippen LogP contribution in [0.15, 0.2) is 71.8 Å². The number of alkyl halides is 3. The summed E-state index contributed by atoms with van der Waals surface area (Å²) < 4.78 is 81.8. The van der Waals surface area contributed by atoms with E-state index < -0.39 is 51.8 Å². The monoisotopic (exact) mass is 759 g/mol. The highest BCUT2D eigenvalue weighted by Crippen LogP contribution is 2.41. The first-order valence-electron chi connectivity index (χ1n) is 16.1. The van der Waals surface area contributed by atoms with Crippen LogP contribution in [0.25, 0.3) is 10.8 Å². The SMILES string of the molecule is CCS(=O)(=O)c1ccc(N(OC(=O)C(F)(F)F)C(=O)OC)cc1[C@H]1CCCN1C(=O)[C@H](Nc1ccc2c(N)nccc2c1)c1ccc(OC)c(OC)c1. The largest absolute Gasteiger partial charge is 0.493 e. The van der Waals surface area contributed by atoms with Crippen molar-refractivity contribution < 1.29 is 55.0 Å². The topological polar surface area (TPSA) is 180 Å². The quantitative estimate of drug-likeness (QED) is 0.188. The van der Waals surface area contributed by atoms with Crippen molar-refractivity contribution in [3.8, 4) is 11.5 Å². The lowest BCUT2D eigenvalue weighted by atomic mass is 10.00. The Morgan fingerprint density at radius 2 is 1.75 bits per heavy atom. The minimum atomic E-state index is -5.48. The maximum absolute atomic E-state index is 14.8. The minimum absolute atomic E-state index is 0.00750. The number of amides is 2. The Kier molecular flexibility index (Phi) is 11.2. The van der Waals surface area contributed by atoms with E-state index in [0.717, 1.165) is 30.7 Å². The summed E-state index contributed by atoms with van der Waals surface area (Å²) in [6, 6.07) is 13.1. The Morgan fingerprint density at radius 1 is 1.02 bits per heavy atom. The molecule has 1 saturated heterocycles. The fraction of sp³-hybridized carbons (Fsp3) is 0.314. The van der Waals surface area contributed by atoms with Crippen molar-refractivity contribution in [3.05, 3.63) is 78.0 Å². The molecule has 0 radical (unpaired) electrons. The van der Waals surface area contributed by atoms with E-state index in [2.05, 4.69) is 19.9 Å². The average Bonchev–Trinajstić information content (AvgIpc) is 3.64. The number of aromatic nitrogens is 1. The molecule has 0 bridgehead atoms. The smallest absolute Gasteiger partial charge is 0.493 e. The molecule has 0 saturated carbocycles. The average molecular weight is 760 g/mol. The number of ether oxygens (including phenoxy) is 3. The molecule has 1 aromatic heterocycles. The molecule has 14 nitrogen and oxygen atoms in total. The number of likely N-dealkylation sites (tertiary alicyclic amines) is 1. The molecule has 0 unspecified atom stereocenters. The number of benzene rings is 3. The molecule has 3 aromatic carbocycles. The molecule has 18 heteroatoms. The van der Waals surface area contributed by atoms with Gasteiger partial charge < -0.3 is 35.0 Å². The van der Waals surface area contributed by atoms with Crippen LogP contribution >= 0.6 is 0 Å². The third-order valence-corrected chi connectivity index (χ3v) is 10.5. The van der Waals surface area contributed by atoms with Gasteiger partial charge in [-0.25, -0.2) is 23.0 Å². The third-order valence-electron chi connectivity index (χ3n) is 8.68. The maximum Gasteiger partial charge on any atom is 0.493 e. The summed E-state index contributed by atoms with van der Waals surface area (Å²) in [6.07, 6.45) is -4.77. The minimum Gasteiger partial charge on any atom is -0.493 e. The van der Waals surface area contributed by atoms with Crippen LogP contribution in [-0.2, 0) is 29.0 Å². The number of nitrogens with two attached hydrogens (primary N) is 1. The zero-order valence-corrected chi connectivity index (χ0v) is 29.8. The van der Waals surface area contributed by atoms with Gasteiger partial charge >= 0.3 is 18.2 Å². The van der Waals surface area contributed by atoms with E-state index in [0.29, 0.717) is 40.4 Å². The summed E-state index contributed by atoms with van der Waals surface area (Å²) >= 11 is 0. The van der Waals surface area contributed by atoms with Gasteiger partial charge in [0.25, 0.3) is 0 Å². The molecule has 3 N–H and O–H groups in total. The van der Waals surface area contributed by atoms with Gasteiger partial charge in [-0.05, 0) is 84.0 Å². The molecule has 2 atom stereocenters. The van der Waals surface area contributed by atoms with Crippen molar-refractivity contribution >= 4 is 55.8 Å². The van der Waals surface area contributed by atoms with E-state index in [1.807, 2.05) is 0 Å². The van der Waals surface area contributed by atoms with Gasteiger partial charge in [0.2, 0.25) is 5.91 Å². The summed E-state index contributed by atoms with van der Waals surface area (Å²) in [6.45, 7) is 1.56. The number of hydrogen-bond acceptors (Lipinski definition) is 12. The normalized spacial score (nSPS) is 15.1. The third kappa shape index (κ3) is 8.01. The molecule has 2 amide bonds. The van der Waals surface area contributed by atoms with Crippen LogP contribution in [0.4, 0.5) is 35.2 Å². The molecule has 1 fully saturated rings. The number of anilines is 3. The first-order chi connectivity index (χ1) is 25.1. The van der Waals surface area contributed by atoms with Gasteiger partial charge in [0, 0.05) is 23.8 Å². The van der Waals surface area contributed by atoms with Gasteiger partial charge in [-0.1, -0.05) is 13.0 Å². The number of hydroxylamine groups is 1. The van der Waals surface area contributed by atoms with Crippen LogP contribution in [0.1, 0.15) is 43.0 Å². The van der Waals surface area contributed by atoms with Gasteiger partial charge in [-0.2, -0.15) is 13.2 Å². The molecular formula is C35H36F3N5O9S. The van der Waals surface area contributed by atoms with Gasteiger partial charge in [-0.15, -0.1) is 5.06 Å². The number of sulfone groups is 1. The number of methoxy groups -OCH3 is 3. The van der Waals surface area contributed by atoms with Crippen molar-refractivity contribution in [1.82, 2.24) is 9.88 Å². The molecule has 282 valence electrons. The first kappa shape index (κ1) is 38.5. The van der Waals surface area contributed by atoms with E-state index in [1.54, 1.807) is 48.7 Å². The van der Waals surface area contributed by atoms with Crippen molar-refractivity contribution in [3.63, 3.8) is 0 Å². The zero-order valence-electron chi connectivity index (χ0n) is 29.0. The molecule has 5 rings (SSSR count). The van der Waals surface area contributed by atoms with Crippen molar-refractivity contribution in [2.45, 2.75) is 42.9 Å². The summed E-state index contributed by atoms with van der Waals surface area (Å²) in [7, 11) is -0.255. The number of hydrogen-bond donors (Lipinski definition) is 2. The number of carbonyl (C=O) groups excluding carboxylic acids is 3. The van der Waals surface area contributed by atoms with Gasteiger partial charge in [-0.3, -0.25) is 4.79 Å². The number of fused-ring (bicyclic) bond motifs is 1. The van der Waals surface area contributed by atoms with Crippen LogP contribution in [0, 0.1) is 0 Å². The van der Waals surface area contributed by atoms with E-state index in [4.69, 9.17) is 15.2 Å². The molecular weight excluding hydrogens is 723 g/mol. The Labute approximate surface area is 302 Å². The zero-order chi connectivity index (χ0) is 38.7. The summed E-state index contributed by atoms with van der Waals surface area (Å²) in [5, 5.41) is 4.69. The summed E-state index contributed by atoms with van der Waals surface area (Å²) in [5.74, 6) is -2.51. The standard InChI is InChI=1S/C35H36F3N5O9S/c1-5-53(47,48)29-13-10-23(43(34(46)51-4)52-33(45)35(36,37)38)19-25(29)26-7-6-16-42(26)32(44)30(21-8-12-27(49-2)28(18-21)50-3)41-22-9-11-24-20(17-22)14-15-40-31(24)39/h8-15,17-19,26,30,41H,5-7,16H2,1-4H3,(H2,39,40)/t26-,30-/m1/s1. The number of rotatable bonds is 10. The second-order valence-corrected chi connectivity index (χ2v) is 14.0. The predicted octanol–water partition coefficient (Wildman–Crippen LogP) is 5.74. The lowest BCUT2D eigenvalue weighted by molar-refractivity contribution is -0.200. The molecule has 0 aliphatic carbocycles. The second kappa shape index (κ2) is 15.4. The van der Waals surface area contributed by atoms with E-state index in [9.17, 15) is 36.0 Å². The van der Waals surface area contributed by atoms with Crippen LogP contribution in [0.2, 0.25) is 0 Å². The molecule has 2 heterocycles. The lowest BCUT2D eigenvalue weighted by Gasteiger charge is -2.32. The fourth-order valence-electron chi connectivity index (χ4n) is 6.07. The van der Waals surface area contributed by atoms with Gasteiger partial charge in [0.15, 0.2) is 21.3 Å². The number of nitrogens with zero attached hydrogens (tertiary/aromatic N) is 3. The fourth-order valence-corrected chi connectivity index (χ4v) is 7.21. The Hall–Kier alpha value is -5.78. The molecule has 1 aliphatic heterocycles. The Bertz CT molecular complexity index is 2150. The maximum atomic E-state index is 14.8. The first-order valence-corrected chi connectivity index (χ1v) is 17.8. The molecule has 1 aliphatic rings. The molecule has 4 aromatic rings. The highest BCUT2D eigenvalue weighted by molar-refractivity contribution is 7.91. The number of halogens is 3. The highest BCUT2D eigenvalue weighted by Gasteiger charge is 2.44. The van der Waals surface area contributed by atoms with Crippen LogP contribution in [0.5, 0.6) is 11.5 Å². The summed E-state index contributed by atoms with van der Waals surface area (Å²) in [4.78, 5) is 48.9. The van der Waals surface area contributed by atoms with E-state index in [-0.39, 0.29) is 34.2 Å². The van der Waals surface area contributed by atoms with Crippen LogP contribution in [0.3, 0.4) is 0 Å². The lowest BCUT2D eigenvalue weighted by Crippen LogP contribution is -2.39. The highest BCUT2D eigenvalue weighted by atomic mass is 32.2. The van der Waals surface area contributed by atoms with Crippen molar-refractivity contribution in [2.75, 3.05) is 49.7 Å². The van der Waals surface area contributed by atoms with Crippen molar-refractivity contribution in [2.24, 2.45) is 0 Å². The number of carbonyl (C=O) groups is 3.